The quantitative estimate of drug-likeness (QED) is 0.521. The summed E-state index contributed by atoms with van der Waals surface area (Å²) in [7, 11) is 0. The van der Waals surface area contributed by atoms with Crippen molar-refractivity contribution in [3.05, 3.63) is 12.2 Å². The lowest BCUT2D eigenvalue weighted by Gasteiger charge is -2.04. The van der Waals surface area contributed by atoms with Crippen molar-refractivity contribution in [3.63, 3.8) is 0 Å². The van der Waals surface area contributed by atoms with Crippen LogP contribution in [0.3, 0.4) is 0 Å². The monoisotopic (exact) mass is 130 g/mol. The van der Waals surface area contributed by atoms with Crippen LogP contribution in [0.15, 0.2) is 12.2 Å². The Morgan fingerprint density at radius 2 is 2.00 bits per heavy atom. The lowest BCUT2D eigenvalue weighted by Crippen LogP contribution is -2.06. The molecule has 1 nitrogen and oxygen atoms in total. The predicted octanol–water partition coefficient (Wildman–Crippen LogP) is 1.88. The van der Waals surface area contributed by atoms with E-state index in [9.17, 15) is 9.18 Å². The number of halogens is 1. The van der Waals surface area contributed by atoms with Gasteiger partial charge in [0.05, 0.1) is 0 Å². The zero-order valence-corrected chi connectivity index (χ0v) is 5.94. The van der Waals surface area contributed by atoms with Crippen molar-refractivity contribution >= 4 is 5.78 Å². The van der Waals surface area contributed by atoms with E-state index < -0.39 is 5.67 Å². The lowest BCUT2D eigenvalue weighted by atomic mass is 10.1. The third-order valence-corrected chi connectivity index (χ3v) is 0.714. The van der Waals surface area contributed by atoms with E-state index in [1.54, 1.807) is 0 Å². The molecule has 0 aromatic rings. The van der Waals surface area contributed by atoms with Gasteiger partial charge in [0, 0.05) is 0 Å². The average molecular weight is 130 g/mol. The first-order chi connectivity index (χ1) is 3.92. The maximum absolute atomic E-state index is 12.5. The molecule has 0 radical (unpaired) electrons. The van der Waals surface area contributed by atoms with Crippen molar-refractivity contribution in [2.75, 3.05) is 0 Å². The molecule has 52 valence electrons. The van der Waals surface area contributed by atoms with Crippen LogP contribution in [0.2, 0.25) is 0 Å². The molecule has 0 aliphatic carbocycles. The second-order valence-electron chi connectivity index (χ2n) is 2.51. The van der Waals surface area contributed by atoms with Crippen LogP contribution in [0.5, 0.6) is 0 Å². The van der Waals surface area contributed by atoms with Crippen LogP contribution in [0.4, 0.5) is 4.39 Å². The minimum Gasteiger partial charge on any atom is -0.295 e. The SMILES string of the molecule is CC(=O)/C=C/C(C)(C)F. The molecule has 0 saturated heterocycles. The maximum atomic E-state index is 12.5. The standard InChI is InChI=1S/C7H11FO/c1-6(9)4-5-7(2,3)8/h4-5H,1-3H3/b5-4+. The summed E-state index contributed by atoms with van der Waals surface area (Å²) in [6.07, 6.45) is 2.48. The van der Waals surface area contributed by atoms with Gasteiger partial charge in [0.15, 0.2) is 5.78 Å². The van der Waals surface area contributed by atoms with Gasteiger partial charge >= 0.3 is 0 Å². The van der Waals surface area contributed by atoms with Gasteiger partial charge in [-0.05, 0) is 32.9 Å². The summed E-state index contributed by atoms with van der Waals surface area (Å²) >= 11 is 0. The third kappa shape index (κ3) is 7.34. The maximum Gasteiger partial charge on any atom is 0.152 e. The molecule has 0 aliphatic rings. The second kappa shape index (κ2) is 2.76. The molecule has 0 aliphatic heterocycles. The summed E-state index contributed by atoms with van der Waals surface area (Å²) in [4.78, 5) is 10.2. The zero-order valence-electron chi connectivity index (χ0n) is 5.94. The van der Waals surface area contributed by atoms with Crippen LogP contribution in [0.25, 0.3) is 0 Å². The van der Waals surface area contributed by atoms with Crippen molar-refractivity contribution in [2.24, 2.45) is 0 Å². The van der Waals surface area contributed by atoms with Crippen LogP contribution in [-0.4, -0.2) is 11.5 Å². The Balaban J connectivity index is 3.86. The van der Waals surface area contributed by atoms with E-state index in [1.807, 2.05) is 0 Å². The molecule has 0 aromatic carbocycles. The molecule has 0 aromatic heterocycles. The van der Waals surface area contributed by atoms with Gasteiger partial charge in [-0.2, -0.15) is 0 Å². The number of carbonyl (C=O) groups is 1. The summed E-state index contributed by atoms with van der Waals surface area (Å²) in [6, 6.07) is 0. The Morgan fingerprint density at radius 3 is 2.11 bits per heavy atom. The molecule has 0 amide bonds. The molecule has 0 saturated carbocycles. The Hall–Kier alpha value is -0.660. The van der Waals surface area contributed by atoms with E-state index in [0.29, 0.717) is 0 Å². The Labute approximate surface area is 54.6 Å². The molecule has 2 heteroatoms. The van der Waals surface area contributed by atoms with Gasteiger partial charge in [-0.25, -0.2) is 4.39 Å². The Bertz CT molecular complexity index is 130. The van der Waals surface area contributed by atoms with Crippen molar-refractivity contribution in [3.8, 4) is 0 Å². The fourth-order valence-electron chi connectivity index (χ4n) is 0.316. The lowest BCUT2D eigenvalue weighted by molar-refractivity contribution is -0.112. The molecule has 9 heavy (non-hydrogen) atoms. The van der Waals surface area contributed by atoms with Gasteiger partial charge in [-0.1, -0.05) is 0 Å². The van der Waals surface area contributed by atoms with E-state index in [-0.39, 0.29) is 5.78 Å². The molecule has 0 bridgehead atoms. The smallest absolute Gasteiger partial charge is 0.152 e. The molecular weight excluding hydrogens is 119 g/mol. The van der Waals surface area contributed by atoms with E-state index in [4.69, 9.17) is 0 Å². The average Bonchev–Trinajstić information content (AvgIpc) is 1.59. The summed E-state index contributed by atoms with van der Waals surface area (Å²) in [6.45, 7) is 4.18. The van der Waals surface area contributed by atoms with Crippen LogP contribution in [0, 0.1) is 0 Å². The van der Waals surface area contributed by atoms with Gasteiger partial charge in [0.25, 0.3) is 0 Å². The first-order valence-corrected chi connectivity index (χ1v) is 2.80. The van der Waals surface area contributed by atoms with Crippen molar-refractivity contribution in [2.45, 2.75) is 26.4 Å². The number of hydrogen-bond acceptors (Lipinski definition) is 1. The van der Waals surface area contributed by atoms with Crippen molar-refractivity contribution in [1.82, 2.24) is 0 Å². The fraction of sp³-hybridized carbons (Fsp3) is 0.571. The molecule has 0 heterocycles. The van der Waals surface area contributed by atoms with Crippen LogP contribution in [-0.2, 0) is 4.79 Å². The van der Waals surface area contributed by atoms with Gasteiger partial charge < -0.3 is 0 Å². The van der Waals surface area contributed by atoms with E-state index in [0.717, 1.165) is 0 Å². The molecule has 0 N–H and O–H groups in total. The van der Waals surface area contributed by atoms with Gasteiger partial charge in [-0.15, -0.1) is 0 Å². The highest BCUT2D eigenvalue weighted by molar-refractivity contribution is 5.87. The Kier molecular flexibility index (Phi) is 2.56. The van der Waals surface area contributed by atoms with Crippen molar-refractivity contribution in [1.29, 1.82) is 0 Å². The summed E-state index contributed by atoms with van der Waals surface area (Å²) in [5.41, 5.74) is -1.37. The molecule has 0 unspecified atom stereocenters. The number of carbonyl (C=O) groups excluding carboxylic acids is 1. The molecule has 0 atom stereocenters. The largest absolute Gasteiger partial charge is 0.295 e. The van der Waals surface area contributed by atoms with Gasteiger partial charge in [-0.3, -0.25) is 4.79 Å². The summed E-state index contributed by atoms with van der Waals surface area (Å²) in [5, 5.41) is 0. The number of ketones is 1. The first kappa shape index (κ1) is 8.34. The minimum atomic E-state index is -1.37. The number of hydrogen-bond donors (Lipinski definition) is 0. The summed E-state index contributed by atoms with van der Waals surface area (Å²) in [5.74, 6) is -0.124. The number of allylic oxidation sites excluding steroid dienone is 2. The molecule has 0 spiro atoms. The highest BCUT2D eigenvalue weighted by atomic mass is 19.1. The van der Waals surface area contributed by atoms with Crippen LogP contribution >= 0.6 is 0 Å². The minimum absolute atomic E-state index is 0.124. The molecule has 0 fully saturated rings. The van der Waals surface area contributed by atoms with E-state index in [2.05, 4.69) is 0 Å². The van der Waals surface area contributed by atoms with Crippen LogP contribution in [0.1, 0.15) is 20.8 Å². The highest BCUT2D eigenvalue weighted by Crippen LogP contribution is 2.08. The second-order valence-corrected chi connectivity index (χ2v) is 2.51. The van der Waals surface area contributed by atoms with E-state index >= 15 is 0 Å². The summed E-state index contributed by atoms with van der Waals surface area (Å²) < 4.78 is 12.5. The normalized spacial score (nSPS) is 12.4. The van der Waals surface area contributed by atoms with Gasteiger partial charge in [0.1, 0.15) is 5.67 Å². The number of rotatable bonds is 2. The third-order valence-electron chi connectivity index (χ3n) is 0.714. The fourth-order valence-corrected chi connectivity index (χ4v) is 0.316. The topological polar surface area (TPSA) is 17.1 Å². The zero-order chi connectivity index (χ0) is 7.49. The highest BCUT2D eigenvalue weighted by Gasteiger charge is 2.08. The number of alkyl halides is 1. The molecule has 0 rings (SSSR count). The molecular formula is C7H11FO. The van der Waals surface area contributed by atoms with E-state index in [1.165, 1.54) is 32.9 Å². The van der Waals surface area contributed by atoms with Crippen LogP contribution < -0.4 is 0 Å². The Morgan fingerprint density at radius 1 is 1.56 bits per heavy atom. The van der Waals surface area contributed by atoms with Crippen molar-refractivity contribution < 1.29 is 9.18 Å². The van der Waals surface area contributed by atoms with Gasteiger partial charge in [0.2, 0.25) is 0 Å². The predicted molar refractivity (Wildman–Crippen MR) is 35.0 cm³/mol. The first-order valence-electron chi connectivity index (χ1n) is 2.80.